The molecule has 116 valence electrons. The van der Waals surface area contributed by atoms with Gasteiger partial charge in [-0.1, -0.05) is 13.0 Å². The molecule has 2 rings (SSSR count). The summed E-state index contributed by atoms with van der Waals surface area (Å²) in [6, 6.07) is 6.36. The summed E-state index contributed by atoms with van der Waals surface area (Å²) in [6.45, 7) is 10.2. The fraction of sp³-hybridized carbons (Fsp3) is 0.562. The van der Waals surface area contributed by atoms with Crippen LogP contribution in [0.1, 0.15) is 31.1 Å². The molecule has 1 saturated heterocycles. The Balaban J connectivity index is 2.24. The monoisotopic (exact) mass is 308 g/mol. The van der Waals surface area contributed by atoms with E-state index in [4.69, 9.17) is 0 Å². The van der Waals surface area contributed by atoms with Crippen molar-refractivity contribution < 1.29 is 9.90 Å². The lowest BCUT2D eigenvalue weighted by Crippen LogP contribution is -2.49. The number of hydrogen-bond donors (Lipinski definition) is 1. The van der Waals surface area contributed by atoms with E-state index in [1.807, 2.05) is 25.1 Å². The van der Waals surface area contributed by atoms with Crippen LogP contribution in [0.3, 0.4) is 0 Å². The number of aromatic carboxylic acids is 1. The van der Waals surface area contributed by atoms with E-state index in [-0.39, 0.29) is 0 Å². The van der Waals surface area contributed by atoms with Gasteiger partial charge < -0.3 is 10.0 Å². The Morgan fingerprint density at radius 1 is 1.29 bits per heavy atom. The third-order valence-corrected chi connectivity index (χ3v) is 4.84. The zero-order valence-electron chi connectivity index (χ0n) is 13.0. The molecular formula is C16H24N2O2S. The average molecular weight is 308 g/mol. The van der Waals surface area contributed by atoms with Crippen LogP contribution in [0.15, 0.2) is 23.1 Å². The number of carboxylic acids is 1. The highest BCUT2D eigenvalue weighted by atomic mass is 32.2. The third kappa shape index (κ3) is 3.71. The number of carbonyl (C=O) groups is 1. The Labute approximate surface area is 131 Å². The van der Waals surface area contributed by atoms with Crippen molar-refractivity contribution in [2.75, 3.05) is 36.8 Å². The number of benzene rings is 1. The molecule has 0 atom stereocenters. The Kier molecular flexibility index (Phi) is 5.53. The minimum Gasteiger partial charge on any atom is -0.478 e. The molecule has 1 aromatic carbocycles. The van der Waals surface area contributed by atoms with Crippen LogP contribution in [0, 0.1) is 0 Å². The molecule has 4 nitrogen and oxygen atoms in total. The predicted molar refractivity (Wildman–Crippen MR) is 88.7 cm³/mol. The molecule has 0 amide bonds. The second-order valence-electron chi connectivity index (χ2n) is 5.51. The maximum absolute atomic E-state index is 11.7. The Hall–Kier alpha value is -1.20. The lowest BCUT2D eigenvalue weighted by atomic mass is 10.1. The number of anilines is 1. The highest BCUT2D eigenvalue weighted by Gasteiger charge is 2.24. The first-order chi connectivity index (χ1) is 10.0. The molecule has 21 heavy (non-hydrogen) atoms. The first-order valence-corrected chi connectivity index (χ1v) is 8.51. The van der Waals surface area contributed by atoms with Gasteiger partial charge in [0.25, 0.3) is 0 Å². The maximum Gasteiger partial charge on any atom is 0.338 e. The van der Waals surface area contributed by atoms with E-state index >= 15 is 0 Å². The molecule has 1 aromatic rings. The lowest BCUT2D eigenvalue weighted by molar-refractivity contribution is 0.0693. The quantitative estimate of drug-likeness (QED) is 0.847. The number of carboxylic acid groups (broad SMARTS) is 1. The van der Waals surface area contributed by atoms with E-state index in [9.17, 15) is 9.90 Å². The van der Waals surface area contributed by atoms with Crippen molar-refractivity contribution in [3.8, 4) is 0 Å². The minimum absolute atomic E-state index is 0.461. The molecule has 0 bridgehead atoms. The third-order valence-electron chi connectivity index (χ3n) is 3.90. The summed E-state index contributed by atoms with van der Waals surface area (Å²) in [5, 5.41) is 9.59. The summed E-state index contributed by atoms with van der Waals surface area (Å²) in [5.74, 6) is 0.0537. The largest absolute Gasteiger partial charge is 0.478 e. The maximum atomic E-state index is 11.7. The van der Waals surface area contributed by atoms with Crippen molar-refractivity contribution in [3.05, 3.63) is 23.8 Å². The van der Waals surface area contributed by atoms with Gasteiger partial charge in [-0.15, -0.1) is 11.8 Å². The second-order valence-corrected chi connectivity index (χ2v) is 6.81. The molecule has 1 N–H and O–H groups in total. The summed E-state index contributed by atoms with van der Waals surface area (Å²) in [5.41, 5.74) is 1.33. The van der Waals surface area contributed by atoms with Crippen LogP contribution in [0.4, 0.5) is 5.69 Å². The van der Waals surface area contributed by atoms with Gasteiger partial charge >= 0.3 is 5.97 Å². The SMILES string of the molecule is CCSc1cccc(N2CCN(C(C)C)CC2)c1C(=O)O. The smallest absolute Gasteiger partial charge is 0.338 e. The fourth-order valence-corrected chi connectivity index (χ4v) is 3.58. The molecule has 1 fully saturated rings. The van der Waals surface area contributed by atoms with Crippen LogP contribution in [-0.4, -0.2) is 53.9 Å². The van der Waals surface area contributed by atoms with Gasteiger partial charge in [0.15, 0.2) is 0 Å². The van der Waals surface area contributed by atoms with Crippen molar-refractivity contribution in [2.45, 2.75) is 31.7 Å². The zero-order chi connectivity index (χ0) is 15.4. The van der Waals surface area contributed by atoms with Gasteiger partial charge in [-0.2, -0.15) is 0 Å². The topological polar surface area (TPSA) is 43.8 Å². The Morgan fingerprint density at radius 3 is 2.48 bits per heavy atom. The molecule has 1 aliphatic rings. The van der Waals surface area contributed by atoms with Crippen LogP contribution in [0.25, 0.3) is 0 Å². The van der Waals surface area contributed by atoms with Crippen LogP contribution in [0.2, 0.25) is 0 Å². The minimum atomic E-state index is -0.826. The average Bonchev–Trinajstić information content (AvgIpc) is 2.47. The Morgan fingerprint density at radius 2 is 1.95 bits per heavy atom. The molecule has 0 aromatic heterocycles. The van der Waals surface area contributed by atoms with Crippen LogP contribution >= 0.6 is 11.8 Å². The van der Waals surface area contributed by atoms with E-state index in [1.165, 1.54) is 0 Å². The second kappa shape index (κ2) is 7.18. The standard InChI is InChI=1S/C16H24N2O2S/c1-4-21-14-7-5-6-13(15(14)16(19)20)18-10-8-17(9-11-18)12(2)3/h5-7,12H,4,8-11H2,1-3H3,(H,19,20). The van der Waals surface area contributed by atoms with Gasteiger partial charge in [0.05, 0.1) is 11.3 Å². The van der Waals surface area contributed by atoms with Crippen LogP contribution in [-0.2, 0) is 0 Å². The number of hydrogen-bond acceptors (Lipinski definition) is 4. The van der Waals surface area contributed by atoms with Gasteiger partial charge in [0.1, 0.15) is 0 Å². The van der Waals surface area contributed by atoms with Crippen molar-refractivity contribution in [3.63, 3.8) is 0 Å². The van der Waals surface area contributed by atoms with E-state index < -0.39 is 5.97 Å². The van der Waals surface area contributed by atoms with Crippen molar-refractivity contribution in [1.82, 2.24) is 4.90 Å². The first-order valence-electron chi connectivity index (χ1n) is 7.52. The summed E-state index contributed by atoms with van der Waals surface area (Å²) < 4.78 is 0. The molecule has 0 spiro atoms. The van der Waals surface area contributed by atoms with Crippen LogP contribution < -0.4 is 4.90 Å². The number of nitrogens with zero attached hydrogens (tertiary/aromatic N) is 2. The molecule has 1 heterocycles. The molecule has 0 radical (unpaired) electrons. The molecule has 0 unspecified atom stereocenters. The van der Waals surface area contributed by atoms with E-state index in [1.54, 1.807) is 11.8 Å². The Bertz CT molecular complexity index is 497. The molecular weight excluding hydrogens is 284 g/mol. The number of rotatable bonds is 5. The van der Waals surface area contributed by atoms with E-state index in [2.05, 4.69) is 23.6 Å². The molecule has 0 saturated carbocycles. The van der Waals surface area contributed by atoms with Crippen molar-refractivity contribution >= 4 is 23.4 Å². The summed E-state index contributed by atoms with van der Waals surface area (Å²) in [6.07, 6.45) is 0. The number of thioether (sulfide) groups is 1. The van der Waals surface area contributed by atoms with Gasteiger partial charge in [-0.05, 0) is 31.7 Å². The van der Waals surface area contributed by atoms with Crippen molar-refractivity contribution in [2.24, 2.45) is 0 Å². The molecule has 5 heteroatoms. The summed E-state index contributed by atoms with van der Waals surface area (Å²) in [4.78, 5) is 17.2. The fourth-order valence-electron chi connectivity index (χ4n) is 2.75. The van der Waals surface area contributed by atoms with Crippen molar-refractivity contribution in [1.29, 1.82) is 0 Å². The number of piperazine rings is 1. The van der Waals surface area contributed by atoms with E-state index in [0.717, 1.165) is 42.5 Å². The van der Waals surface area contributed by atoms with Gasteiger partial charge in [0, 0.05) is 37.1 Å². The highest BCUT2D eigenvalue weighted by Crippen LogP contribution is 2.31. The zero-order valence-corrected chi connectivity index (χ0v) is 13.8. The van der Waals surface area contributed by atoms with Gasteiger partial charge in [0.2, 0.25) is 0 Å². The first kappa shape index (κ1) is 16.2. The van der Waals surface area contributed by atoms with Gasteiger partial charge in [-0.25, -0.2) is 4.79 Å². The highest BCUT2D eigenvalue weighted by molar-refractivity contribution is 7.99. The molecule has 0 aliphatic carbocycles. The van der Waals surface area contributed by atoms with Gasteiger partial charge in [-0.3, -0.25) is 4.90 Å². The molecule has 1 aliphatic heterocycles. The summed E-state index contributed by atoms with van der Waals surface area (Å²) >= 11 is 1.60. The predicted octanol–water partition coefficient (Wildman–Crippen LogP) is 3.03. The summed E-state index contributed by atoms with van der Waals surface area (Å²) in [7, 11) is 0. The van der Waals surface area contributed by atoms with E-state index in [0.29, 0.717) is 11.6 Å². The van der Waals surface area contributed by atoms with Crippen LogP contribution in [0.5, 0.6) is 0 Å². The lowest BCUT2D eigenvalue weighted by Gasteiger charge is -2.38. The normalized spacial score (nSPS) is 16.5.